The van der Waals surface area contributed by atoms with Crippen molar-refractivity contribution in [2.24, 2.45) is 11.8 Å². The molecule has 2 fully saturated rings. The maximum absolute atomic E-state index is 5.36. The third-order valence-corrected chi connectivity index (χ3v) is 4.49. The molecule has 0 amide bonds. The molecule has 3 nitrogen and oxygen atoms in total. The molecular formula is C14H19N3S. The number of thiocarbonyl (C=S) groups is 1. The van der Waals surface area contributed by atoms with Crippen LogP contribution in [0, 0.1) is 11.8 Å². The molecule has 2 aliphatic carbocycles. The minimum absolute atomic E-state index is 0.609. The number of nitrogens with zero attached hydrogens (tertiary/aromatic N) is 1. The first kappa shape index (κ1) is 11.9. The van der Waals surface area contributed by atoms with Crippen LogP contribution in [0.3, 0.4) is 0 Å². The molecule has 1 aromatic rings. The molecule has 2 saturated carbocycles. The van der Waals surface area contributed by atoms with Crippen LogP contribution in [0.2, 0.25) is 0 Å². The summed E-state index contributed by atoms with van der Waals surface area (Å²) in [6.07, 6.45) is 9.18. The molecule has 2 N–H and O–H groups in total. The maximum atomic E-state index is 5.36. The van der Waals surface area contributed by atoms with Gasteiger partial charge in [-0.2, -0.15) is 0 Å². The van der Waals surface area contributed by atoms with E-state index in [0.717, 1.165) is 29.1 Å². The predicted molar refractivity (Wildman–Crippen MR) is 76.0 cm³/mol. The number of aromatic nitrogens is 1. The minimum Gasteiger partial charge on any atom is -0.360 e. The van der Waals surface area contributed by atoms with Crippen LogP contribution in [0.5, 0.6) is 0 Å². The Labute approximate surface area is 113 Å². The highest BCUT2D eigenvalue weighted by Crippen LogP contribution is 2.44. The van der Waals surface area contributed by atoms with Gasteiger partial charge < -0.3 is 10.6 Å². The molecule has 0 radical (unpaired) electrons. The van der Waals surface area contributed by atoms with Crippen molar-refractivity contribution >= 4 is 17.3 Å². The van der Waals surface area contributed by atoms with Gasteiger partial charge in [0.2, 0.25) is 0 Å². The molecule has 2 aliphatic rings. The van der Waals surface area contributed by atoms with Crippen molar-refractivity contribution in [3.63, 3.8) is 0 Å². The molecule has 0 spiro atoms. The number of hydrogen-bond acceptors (Lipinski definition) is 2. The third-order valence-electron chi connectivity index (χ3n) is 4.23. The second-order valence-corrected chi connectivity index (χ2v) is 5.88. The number of rotatable bonds is 3. The van der Waals surface area contributed by atoms with E-state index in [4.69, 9.17) is 12.2 Å². The van der Waals surface area contributed by atoms with E-state index >= 15 is 0 Å². The quantitative estimate of drug-likeness (QED) is 0.818. The average Bonchev–Trinajstić information content (AvgIpc) is 3.00. The highest BCUT2D eigenvalue weighted by Gasteiger charge is 2.39. The van der Waals surface area contributed by atoms with E-state index in [1.807, 2.05) is 12.3 Å². The third kappa shape index (κ3) is 2.64. The maximum Gasteiger partial charge on any atom is 0.166 e. The van der Waals surface area contributed by atoms with Gasteiger partial charge in [-0.3, -0.25) is 4.98 Å². The molecule has 96 valence electrons. The molecule has 18 heavy (non-hydrogen) atoms. The van der Waals surface area contributed by atoms with Crippen LogP contribution in [-0.2, 0) is 6.54 Å². The Balaban J connectivity index is 1.45. The Hall–Kier alpha value is -1.16. The summed E-state index contributed by atoms with van der Waals surface area (Å²) in [5.41, 5.74) is 1.16. The van der Waals surface area contributed by atoms with Crippen LogP contribution < -0.4 is 10.6 Å². The number of nitrogens with one attached hydrogen (secondary N) is 2. The van der Waals surface area contributed by atoms with Gasteiger partial charge in [-0.25, -0.2) is 0 Å². The molecule has 0 unspecified atom stereocenters. The van der Waals surface area contributed by atoms with Crippen LogP contribution in [0.15, 0.2) is 24.5 Å². The summed E-state index contributed by atoms with van der Waals surface area (Å²) in [7, 11) is 0. The first-order valence-corrected chi connectivity index (χ1v) is 7.15. The topological polar surface area (TPSA) is 37.0 Å². The summed E-state index contributed by atoms with van der Waals surface area (Å²) in [6, 6.07) is 4.61. The number of fused-ring (bicyclic) bond motifs is 2. The molecule has 4 heteroatoms. The molecule has 1 heterocycles. The normalized spacial score (nSPS) is 29.2. The summed E-state index contributed by atoms with van der Waals surface area (Å²) in [5.74, 6) is 1.81. The van der Waals surface area contributed by atoms with Crippen LogP contribution >= 0.6 is 12.2 Å². The van der Waals surface area contributed by atoms with Crippen LogP contribution in [-0.4, -0.2) is 16.1 Å². The minimum atomic E-state index is 0.609. The lowest BCUT2D eigenvalue weighted by atomic mass is 9.96. The molecule has 0 aromatic carbocycles. The van der Waals surface area contributed by atoms with Crippen molar-refractivity contribution in [3.8, 4) is 0 Å². The first-order valence-electron chi connectivity index (χ1n) is 6.74. The zero-order valence-electron chi connectivity index (χ0n) is 10.4. The van der Waals surface area contributed by atoms with Crippen molar-refractivity contribution in [1.82, 2.24) is 15.6 Å². The van der Waals surface area contributed by atoms with Gasteiger partial charge in [0.05, 0.1) is 0 Å². The Morgan fingerprint density at radius 1 is 1.39 bits per heavy atom. The lowest BCUT2D eigenvalue weighted by Crippen LogP contribution is -2.43. The van der Waals surface area contributed by atoms with Crippen LogP contribution in [0.4, 0.5) is 0 Å². The predicted octanol–water partition coefficient (Wildman–Crippen LogP) is 2.23. The van der Waals surface area contributed by atoms with E-state index in [9.17, 15) is 0 Å². The van der Waals surface area contributed by atoms with Crippen molar-refractivity contribution in [3.05, 3.63) is 30.1 Å². The zero-order chi connectivity index (χ0) is 12.4. The molecular weight excluding hydrogens is 242 g/mol. The number of pyridine rings is 1. The van der Waals surface area contributed by atoms with Crippen molar-refractivity contribution in [1.29, 1.82) is 0 Å². The average molecular weight is 261 g/mol. The first-order chi connectivity index (χ1) is 8.81. The van der Waals surface area contributed by atoms with Gasteiger partial charge in [0.25, 0.3) is 0 Å². The van der Waals surface area contributed by atoms with Gasteiger partial charge in [-0.15, -0.1) is 0 Å². The highest BCUT2D eigenvalue weighted by molar-refractivity contribution is 7.80. The van der Waals surface area contributed by atoms with E-state index < -0.39 is 0 Å². The molecule has 0 aliphatic heterocycles. The van der Waals surface area contributed by atoms with Gasteiger partial charge >= 0.3 is 0 Å². The Kier molecular flexibility index (Phi) is 3.46. The van der Waals surface area contributed by atoms with Crippen molar-refractivity contribution < 1.29 is 0 Å². The van der Waals surface area contributed by atoms with E-state index in [1.165, 1.54) is 25.7 Å². The largest absolute Gasteiger partial charge is 0.360 e. The molecule has 3 atom stereocenters. The molecule has 1 aromatic heterocycles. The summed E-state index contributed by atoms with van der Waals surface area (Å²) in [6.45, 7) is 0.750. The van der Waals surface area contributed by atoms with E-state index in [-0.39, 0.29) is 0 Å². The van der Waals surface area contributed by atoms with Gasteiger partial charge in [-0.05, 0) is 54.9 Å². The number of hydrogen-bond donors (Lipinski definition) is 2. The summed E-state index contributed by atoms with van der Waals surface area (Å²) >= 11 is 5.36. The standard InChI is InChI=1S/C14H19N3S/c18-14(16-9-11-2-1-5-15-8-11)17-13-7-10-3-4-12(13)6-10/h1-2,5,8,10,12-13H,3-4,6-7,9H2,(H2,16,17,18)/t10-,12-,13-/m1/s1. The summed E-state index contributed by atoms with van der Waals surface area (Å²) in [5, 5.41) is 7.53. The van der Waals surface area contributed by atoms with Crippen molar-refractivity contribution in [2.45, 2.75) is 38.3 Å². The van der Waals surface area contributed by atoms with Crippen LogP contribution in [0.1, 0.15) is 31.2 Å². The van der Waals surface area contributed by atoms with Gasteiger partial charge in [0.15, 0.2) is 5.11 Å². The summed E-state index contributed by atoms with van der Waals surface area (Å²) < 4.78 is 0. The lowest BCUT2D eigenvalue weighted by molar-refractivity contribution is 0.389. The fraction of sp³-hybridized carbons (Fsp3) is 0.571. The van der Waals surface area contributed by atoms with Gasteiger partial charge in [0.1, 0.15) is 0 Å². The highest BCUT2D eigenvalue weighted by atomic mass is 32.1. The smallest absolute Gasteiger partial charge is 0.166 e. The monoisotopic (exact) mass is 261 g/mol. The van der Waals surface area contributed by atoms with Crippen LogP contribution in [0.25, 0.3) is 0 Å². The SMILES string of the molecule is S=C(NCc1cccnc1)N[C@@H]1C[C@@H]2CC[C@@H]1C2. The fourth-order valence-electron chi connectivity index (χ4n) is 3.33. The van der Waals surface area contributed by atoms with Gasteiger partial charge in [0, 0.05) is 25.0 Å². The second kappa shape index (κ2) is 5.22. The van der Waals surface area contributed by atoms with Crippen molar-refractivity contribution in [2.75, 3.05) is 0 Å². The zero-order valence-corrected chi connectivity index (χ0v) is 11.2. The summed E-state index contributed by atoms with van der Waals surface area (Å²) in [4.78, 5) is 4.09. The van der Waals surface area contributed by atoms with E-state index in [0.29, 0.717) is 6.04 Å². The fourth-order valence-corrected chi connectivity index (χ4v) is 3.55. The molecule has 2 bridgehead atoms. The van der Waals surface area contributed by atoms with E-state index in [1.54, 1.807) is 6.20 Å². The van der Waals surface area contributed by atoms with Gasteiger partial charge in [-0.1, -0.05) is 12.5 Å². The Bertz CT molecular complexity index is 420. The lowest BCUT2D eigenvalue weighted by Gasteiger charge is -2.24. The second-order valence-electron chi connectivity index (χ2n) is 5.47. The Morgan fingerprint density at radius 3 is 3.00 bits per heavy atom. The molecule has 3 rings (SSSR count). The molecule has 0 saturated heterocycles. The van der Waals surface area contributed by atoms with E-state index in [2.05, 4.69) is 21.7 Å². The Morgan fingerprint density at radius 2 is 2.33 bits per heavy atom.